The van der Waals surface area contributed by atoms with E-state index in [-0.39, 0.29) is 11.2 Å². The number of carbonyl (C=O) groups excluding carboxylic acids is 2. The summed E-state index contributed by atoms with van der Waals surface area (Å²) in [4.78, 5) is 26.7. The van der Waals surface area contributed by atoms with E-state index in [4.69, 9.17) is 14.2 Å². The van der Waals surface area contributed by atoms with E-state index in [0.29, 0.717) is 22.3 Å². The third kappa shape index (κ3) is 4.74. The van der Waals surface area contributed by atoms with E-state index in [1.807, 2.05) is 60.7 Å². The number of benzene rings is 4. The van der Waals surface area contributed by atoms with Gasteiger partial charge < -0.3 is 14.2 Å². The minimum atomic E-state index is -0.439. The van der Waals surface area contributed by atoms with Crippen LogP contribution in [0.5, 0.6) is 17.2 Å². The van der Waals surface area contributed by atoms with Gasteiger partial charge in [0.15, 0.2) is 5.78 Å². The lowest BCUT2D eigenvalue weighted by molar-refractivity contribution is -0.131. The lowest BCUT2D eigenvalue weighted by atomic mass is 9.78. The summed E-state index contributed by atoms with van der Waals surface area (Å²) in [6.45, 7) is 14.0. The zero-order valence-electron chi connectivity index (χ0n) is 24.5. The highest BCUT2D eigenvalue weighted by Gasteiger charge is 2.39. The molecule has 0 aromatic heterocycles. The zero-order chi connectivity index (χ0) is 29.0. The second-order valence-electron chi connectivity index (χ2n) is 12.5. The predicted octanol–water partition coefficient (Wildman–Crippen LogP) is 8.08. The first-order valence-corrected chi connectivity index (χ1v) is 13.6. The largest absolute Gasteiger partial charge is 0.497 e. The fourth-order valence-corrected chi connectivity index (χ4v) is 5.43. The molecule has 1 aliphatic heterocycles. The molecule has 40 heavy (non-hydrogen) atoms. The van der Waals surface area contributed by atoms with E-state index in [0.717, 1.165) is 39.1 Å². The summed E-state index contributed by atoms with van der Waals surface area (Å²) < 4.78 is 18.2. The average Bonchev–Trinajstić information content (AvgIpc) is 3.28. The van der Waals surface area contributed by atoms with Gasteiger partial charge in [0.25, 0.3) is 0 Å². The Morgan fingerprint density at radius 1 is 0.800 bits per heavy atom. The third-order valence-electron chi connectivity index (χ3n) is 7.42. The molecule has 0 amide bonds. The topological polar surface area (TPSA) is 61.8 Å². The Morgan fingerprint density at radius 3 is 1.98 bits per heavy atom. The number of esters is 1. The first-order chi connectivity index (χ1) is 18.8. The molecule has 1 aliphatic rings. The van der Waals surface area contributed by atoms with Crippen LogP contribution >= 0.6 is 0 Å². The van der Waals surface area contributed by atoms with Crippen LogP contribution in [0.1, 0.15) is 92.7 Å². The Kier molecular flexibility index (Phi) is 6.73. The number of hydrogen-bond acceptors (Lipinski definition) is 5. The Hall–Kier alpha value is -4.12. The normalized spacial score (nSPS) is 14.7. The fourth-order valence-electron chi connectivity index (χ4n) is 5.43. The van der Waals surface area contributed by atoms with Crippen LogP contribution in [0.3, 0.4) is 0 Å². The van der Waals surface area contributed by atoms with Gasteiger partial charge in [-0.25, -0.2) is 0 Å². The third-order valence-corrected chi connectivity index (χ3v) is 7.42. The molecule has 4 aromatic carbocycles. The zero-order valence-corrected chi connectivity index (χ0v) is 24.5. The number of hydrogen-bond donors (Lipinski definition) is 0. The average molecular weight is 537 g/mol. The standard InChI is InChI=1S/C35H36O5/c1-20(36)39-32-27(35(5,6)7)19-25-29-28(32)24(30(37)21-12-10-9-11-13-21)18-26(34(2,3)4)33(29)40-31(25)22-14-16-23(38-8)17-15-22/h9-19,31H,1-8H3. The van der Waals surface area contributed by atoms with Gasteiger partial charge >= 0.3 is 5.97 Å². The van der Waals surface area contributed by atoms with Crippen molar-refractivity contribution in [3.05, 3.63) is 100 Å². The lowest BCUT2D eigenvalue weighted by Crippen LogP contribution is -2.18. The van der Waals surface area contributed by atoms with Crippen molar-refractivity contribution in [1.82, 2.24) is 0 Å². The molecule has 206 valence electrons. The molecule has 0 N–H and O–H groups in total. The molecular weight excluding hydrogens is 500 g/mol. The van der Waals surface area contributed by atoms with Gasteiger partial charge in [0.2, 0.25) is 0 Å². The van der Waals surface area contributed by atoms with E-state index >= 15 is 0 Å². The van der Waals surface area contributed by atoms with Crippen LogP contribution in [0.2, 0.25) is 0 Å². The van der Waals surface area contributed by atoms with Crippen molar-refractivity contribution in [1.29, 1.82) is 0 Å². The maximum absolute atomic E-state index is 14.2. The van der Waals surface area contributed by atoms with Crippen molar-refractivity contribution in [2.24, 2.45) is 0 Å². The van der Waals surface area contributed by atoms with E-state index in [1.54, 1.807) is 7.11 Å². The summed E-state index contributed by atoms with van der Waals surface area (Å²) in [5.74, 6) is 1.33. The van der Waals surface area contributed by atoms with Gasteiger partial charge in [0.05, 0.1) is 7.11 Å². The molecule has 1 heterocycles. The van der Waals surface area contributed by atoms with Crippen molar-refractivity contribution in [3.63, 3.8) is 0 Å². The van der Waals surface area contributed by atoms with Crippen LogP contribution in [-0.2, 0) is 15.6 Å². The molecule has 5 heteroatoms. The molecule has 0 bridgehead atoms. The molecule has 0 aliphatic carbocycles. The molecule has 1 atom stereocenters. The first kappa shape index (κ1) is 27.4. The summed E-state index contributed by atoms with van der Waals surface area (Å²) in [5.41, 5.74) is 4.03. The van der Waals surface area contributed by atoms with Gasteiger partial charge in [0, 0.05) is 45.5 Å². The molecule has 4 aromatic rings. The van der Waals surface area contributed by atoms with E-state index in [2.05, 4.69) is 47.6 Å². The van der Waals surface area contributed by atoms with Crippen LogP contribution in [0.15, 0.2) is 66.7 Å². The quantitative estimate of drug-likeness (QED) is 0.147. The van der Waals surface area contributed by atoms with Crippen LogP contribution in [0.25, 0.3) is 10.8 Å². The maximum atomic E-state index is 14.2. The molecule has 0 fully saturated rings. The highest BCUT2D eigenvalue weighted by atomic mass is 16.5. The van der Waals surface area contributed by atoms with E-state index in [1.165, 1.54) is 6.92 Å². The molecule has 0 saturated heterocycles. The van der Waals surface area contributed by atoms with Gasteiger partial charge in [-0.1, -0.05) is 84.0 Å². The van der Waals surface area contributed by atoms with Crippen molar-refractivity contribution < 1.29 is 23.8 Å². The first-order valence-electron chi connectivity index (χ1n) is 13.6. The number of ether oxygens (including phenoxy) is 3. The van der Waals surface area contributed by atoms with Gasteiger partial charge in [-0.3, -0.25) is 9.59 Å². The highest BCUT2D eigenvalue weighted by Crippen LogP contribution is 2.55. The number of methoxy groups -OCH3 is 1. The second-order valence-corrected chi connectivity index (χ2v) is 12.5. The maximum Gasteiger partial charge on any atom is 0.308 e. The molecule has 5 nitrogen and oxygen atoms in total. The monoisotopic (exact) mass is 536 g/mol. The fraction of sp³-hybridized carbons (Fsp3) is 0.314. The van der Waals surface area contributed by atoms with Crippen molar-refractivity contribution >= 4 is 22.5 Å². The molecule has 0 spiro atoms. The minimum absolute atomic E-state index is 0.129. The van der Waals surface area contributed by atoms with Crippen molar-refractivity contribution in [3.8, 4) is 17.2 Å². The summed E-state index contributed by atoms with van der Waals surface area (Å²) in [7, 11) is 1.64. The van der Waals surface area contributed by atoms with Gasteiger partial charge in [0.1, 0.15) is 23.4 Å². The summed E-state index contributed by atoms with van der Waals surface area (Å²) >= 11 is 0. The summed E-state index contributed by atoms with van der Waals surface area (Å²) in [5, 5.41) is 1.43. The lowest BCUT2D eigenvalue weighted by Gasteiger charge is -2.27. The highest BCUT2D eigenvalue weighted by molar-refractivity contribution is 6.20. The Balaban J connectivity index is 1.94. The predicted molar refractivity (Wildman–Crippen MR) is 158 cm³/mol. The van der Waals surface area contributed by atoms with E-state index < -0.39 is 17.5 Å². The van der Waals surface area contributed by atoms with Gasteiger partial charge in [-0.2, -0.15) is 0 Å². The smallest absolute Gasteiger partial charge is 0.308 e. The van der Waals surface area contributed by atoms with Crippen LogP contribution < -0.4 is 14.2 Å². The van der Waals surface area contributed by atoms with Crippen molar-refractivity contribution in [2.45, 2.75) is 65.4 Å². The van der Waals surface area contributed by atoms with Crippen LogP contribution in [0, 0.1) is 0 Å². The summed E-state index contributed by atoms with van der Waals surface area (Å²) in [6.07, 6.45) is -0.404. The van der Waals surface area contributed by atoms with Gasteiger partial charge in [-0.15, -0.1) is 0 Å². The molecular formula is C35H36O5. The Bertz CT molecular complexity index is 1620. The van der Waals surface area contributed by atoms with Crippen LogP contribution in [0.4, 0.5) is 0 Å². The Morgan fingerprint density at radius 2 is 1.43 bits per heavy atom. The van der Waals surface area contributed by atoms with E-state index in [9.17, 15) is 9.59 Å². The van der Waals surface area contributed by atoms with Gasteiger partial charge in [-0.05, 0) is 40.7 Å². The molecule has 0 saturated carbocycles. The summed E-state index contributed by atoms with van der Waals surface area (Å²) in [6, 6.07) is 21.1. The minimum Gasteiger partial charge on any atom is -0.497 e. The van der Waals surface area contributed by atoms with Crippen LogP contribution in [-0.4, -0.2) is 18.9 Å². The number of ketones is 1. The molecule has 1 unspecified atom stereocenters. The SMILES string of the molecule is COc1ccc(C2Oc3c(C(C)(C)C)cc(C(=O)c4ccccc4)c4c(OC(C)=O)c(C(C)(C)C)cc2c34)cc1. The van der Waals surface area contributed by atoms with Crippen molar-refractivity contribution in [2.75, 3.05) is 7.11 Å². The number of rotatable bonds is 5. The molecule has 0 radical (unpaired) electrons. The number of carbonyl (C=O) groups is 2. The second kappa shape index (κ2) is 9.81. The molecule has 5 rings (SSSR count). The Labute approximate surface area is 236 Å².